The van der Waals surface area contributed by atoms with Gasteiger partial charge in [0.15, 0.2) is 0 Å². The molecule has 1 heterocycles. The number of carbonyl (C=O) groups excluding carboxylic acids is 2. The number of esters is 2. The fourth-order valence-corrected chi connectivity index (χ4v) is 8.23. The first-order valence-electron chi connectivity index (χ1n) is 8.95. The molecule has 5 unspecified atom stereocenters. The van der Waals surface area contributed by atoms with Crippen LogP contribution in [0, 0.1) is 11.8 Å². The van der Waals surface area contributed by atoms with Gasteiger partial charge in [0.2, 0.25) is 0 Å². The minimum Gasteiger partial charge on any atom is -0.460 e. The summed E-state index contributed by atoms with van der Waals surface area (Å²) in [4.78, 5) is 23.2. The number of carbonyl (C=O) groups is 2. The average molecular weight is 430 g/mol. The van der Waals surface area contributed by atoms with Crippen molar-refractivity contribution in [2.75, 3.05) is 12.4 Å². The van der Waals surface area contributed by atoms with E-state index in [1.54, 1.807) is 0 Å². The zero-order chi connectivity index (χ0) is 20.0. The van der Waals surface area contributed by atoms with Gasteiger partial charge in [-0.15, -0.1) is 23.5 Å². The number of rotatable bonds is 6. The Labute approximate surface area is 163 Å². The summed E-state index contributed by atoms with van der Waals surface area (Å²) in [6, 6.07) is 0. The van der Waals surface area contributed by atoms with E-state index in [-0.39, 0.29) is 23.7 Å². The molecule has 0 N–H and O–H groups in total. The highest BCUT2D eigenvalue weighted by molar-refractivity contribution is 8.21. The van der Waals surface area contributed by atoms with Gasteiger partial charge in [0.25, 0.3) is 0 Å². The van der Waals surface area contributed by atoms with Crippen LogP contribution in [0.3, 0.4) is 0 Å². The maximum absolute atomic E-state index is 13.3. The van der Waals surface area contributed by atoms with Gasteiger partial charge >= 0.3 is 23.8 Å². The molecule has 0 amide bonds. The number of hydrogen-bond acceptors (Lipinski definition) is 6. The minimum absolute atomic E-state index is 0.0343. The number of fused-ring (bicyclic) bond motifs is 3. The molecule has 1 aliphatic heterocycles. The topological polar surface area (TPSA) is 52.6 Å². The highest BCUT2D eigenvalue weighted by atomic mass is 32.2. The third-order valence-electron chi connectivity index (χ3n) is 5.45. The lowest BCUT2D eigenvalue weighted by Crippen LogP contribution is -2.45. The van der Waals surface area contributed by atoms with Crippen molar-refractivity contribution in [3.8, 4) is 0 Å². The minimum atomic E-state index is -3.56. The summed E-state index contributed by atoms with van der Waals surface area (Å²) in [5.41, 5.74) is 0. The largest absolute Gasteiger partial charge is 0.460 e. The van der Waals surface area contributed by atoms with E-state index in [0.717, 1.165) is 19.3 Å². The fraction of sp³-hybridized carbons (Fsp3) is 0.882. The summed E-state index contributed by atoms with van der Waals surface area (Å²) >= 11 is 2.93. The van der Waals surface area contributed by atoms with Crippen molar-refractivity contribution >= 4 is 35.5 Å². The predicted octanol–water partition coefficient (Wildman–Crippen LogP) is 4.12. The molecule has 4 nitrogen and oxygen atoms in total. The van der Waals surface area contributed by atoms with E-state index < -0.39 is 40.4 Å². The maximum Gasteiger partial charge on any atom is 0.377 e. The Bertz CT molecular complexity index is 612. The van der Waals surface area contributed by atoms with Crippen LogP contribution in [0.2, 0.25) is 0 Å². The Morgan fingerprint density at radius 2 is 1.89 bits per heavy atom. The molecule has 1 saturated heterocycles. The second-order valence-electron chi connectivity index (χ2n) is 7.41. The van der Waals surface area contributed by atoms with Crippen LogP contribution in [0.1, 0.15) is 39.5 Å². The second kappa shape index (κ2) is 7.31. The second-order valence-corrected chi connectivity index (χ2v) is 10.5. The lowest BCUT2D eigenvalue weighted by molar-refractivity contribution is -0.177. The molecule has 3 aliphatic rings. The van der Waals surface area contributed by atoms with E-state index >= 15 is 0 Å². The summed E-state index contributed by atoms with van der Waals surface area (Å²) in [7, 11) is 0. The molecule has 0 radical (unpaired) electrons. The number of ether oxygens (including phenoxy) is 2. The quantitative estimate of drug-likeness (QED) is 0.467. The molecule has 10 heteroatoms. The molecule has 0 aromatic carbocycles. The van der Waals surface area contributed by atoms with Gasteiger partial charge in [-0.25, -0.2) is 9.59 Å². The van der Waals surface area contributed by atoms with Crippen LogP contribution in [0.25, 0.3) is 0 Å². The molecule has 27 heavy (non-hydrogen) atoms. The predicted molar refractivity (Wildman–Crippen MR) is 94.1 cm³/mol. The van der Waals surface area contributed by atoms with Crippen LogP contribution >= 0.6 is 23.5 Å². The summed E-state index contributed by atoms with van der Waals surface area (Å²) in [5, 5.41) is -0.241. The SMILES string of the molecule is CCC(F)(F)C(=O)OCC1CSC2(S1)C1CCC(C1)C2OC(=O)C(C)(F)F. The molecule has 2 saturated carbocycles. The van der Waals surface area contributed by atoms with Crippen LogP contribution in [0.4, 0.5) is 17.6 Å². The lowest BCUT2D eigenvalue weighted by atomic mass is 9.96. The van der Waals surface area contributed by atoms with Crippen molar-refractivity contribution in [2.45, 2.75) is 66.8 Å². The lowest BCUT2D eigenvalue weighted by Gasteiger charge is -2.39. The van der Waals surface area contributed by atoms with Crippen molar-refractivity contribution in [3.63, 3.8) is 0 Å². The van der Waals surface area contributed by atoms with Crippen molar-refractivity contribution < 1.29 is 36.6 Å². The molecule has 3 rings (SSSR count). The van der Waals surface area contributed by atoms with Crippen LogP contribution in [-0.2, 0) is 19.1 Å². The maximum atomic E-state index is 13.3. The normalized spacial score (nSPS) is 35.6. The molecule has 1 spiro atoms. The molecule has 2 bridgehead atoms. The Morgan fingerprint density at radius 3 is 2.52 bits per heavy atom. The summed E-state index contributed by atoms with van der Waals surface area (Å²) in [6.45, 7) is 1.55. The van der Waals surface area contributed by atoms with Gasteiger partial charge in [0, 0.05) is 24.3 Å². The van der Waals surface area contributed by atoms with Gasteiger partial charge in [-0.3, -0.25) is 0 Å². The number of halogens is 4. The summed E-state index contributed by atoms with van der Waals surface area (Å²) < 4.78 is 62.7. The van der Waals surface area contributed by atoms with E-state index in [4.69, 9.17) is 9.47 Å². The molecular weight excluding hydrogens is 408 g/mol. The van der Waals surface area contributed by atoms with Crippen molar-refractivity contribution in [2.24, 2.45) is 11.8 Å². The van der Waals surface area contributed by atoms with Gasteiger partial charge in [-0.05, 0) is 31.1 Å². The smallest absolute Gasteiger partial charge is 0.377 e. The van der Waals surface area contributed by atoms with E-state index in [9.17, 15) is 27.2 Å². The first-order chi connectivity index (χ1) is 12.5. The van der Waals surface area contributed by atoms with E-state index in [2.05, 4.69) is 0 Å². The fourth-order valence-electron chi connectivity index (χ4n) is 4.03. The monoisotopic (exact) mass is 430 g/mol. The molecule has 5 atom stereocenters. The number of hydrogen-bond donors (Lipinski definition) is 0. The van der Waals surface area contributed by atoms with Crippen LogP contribution in [0.15, 0.2) is 0 Å². The van der Waals surface area contributed by atoms with Crippen molar-refractivity contribution in [1.82, 2.24) is 0 Å². The van der Waals surface area contributed by atoms with Gasteiger partial charge in [0.05, 0.1) is 0 Å². The summed E-state index contributed by atoms with van der Waals surface area (Å²) in [5.74, 6) is -9.37. The molecule has 154 valence electrons. The molecule has 0 aromatic rings. The Hall–Kier alpha value is -0.640. The van der Waals surface area contributed by atoms with E-state index in [1.807, 2.05) is 0 Å². The van der Waals surface area contributed by atoms with Crippen molar-refractivity contribution in [1.29, 1.82) is 0 Å². The number of thioether (sulfide) groups is 2. The Kier molecular flexibility index (Phi) is 5.71. The van der Waals surface area contributed by atoms with E-state index in [1.165, 1.54) is 30.4 Å². The molecule has 2 aliphatic carbocycles. The Morgan fingerprint density at radius 1 is 1.19 bits per heavy atom. The Balaban J connectivity index is 1.65. The van der Waals surface area contributed by atoms with E-state index in [0.29, 0.717) is 12.7 Å². The number of alkyl halides is 4. The van der Waals surface area contributed by atoms with Gasteiger partial charge < -0.3 is 9.47 Å². The zero-order valence-electron chi connectivity index (χ0n) is 15.0. The highest BCUT2D eigenvalue weighted by Gasteiger charge is 2.64. The molecular formula is C17H22F4O4S2. The summed E-state index contributed by atoms with van der Waals surface area (Å²) in [6.07, 6.45) is 1.27. The van der Waals surface area contributed by atoms with Crippen molar-refractivity contribution in [3.05, 3.63) is 0 Å². The average Bonchev–Trinajstić information content (AvgIpc) is 3.29. The van der Waals surface area contributed by atoms with Crippen LogP contribution in [-0.4, -0.2) is 51.6 Å². The van der Waals surface area contributed by atoms with Crippen LogP contribution < -0.4 is 0 Å². The highest BCUT2D eigenvalue weighted by Crippen LogP contribution is 2.67. The van der Waals surface area contributed by atoms with Crippen LogP contribution in [0.5, 0.6) is 0 Å². The van der Waals surface area contributed by atoms with Gasteiger partial charge in [-0.1, -0.05) is 6.92 Å². The van der Waals surface area contributed by atoms with Gasteiger partial charge in [0.1, 0.15) is 16.8 Å². The third-order valence-corrected chi connectivity index (χ3v) is 9.46. The first-order valence-corrected chi connectivity index (χ1v) is 10.8. The standard InChI is InChI=1S/C17H22F4O4S2/c1-3-16(20,21)14(23)24-7-11-8-26-17(27-11)10-5-4-9(6-10)12(17)25-13(22)15(2,18)19/h9-12H,3-8H2,1-2H3. The molecule has 0 aromatic heterocycles. The van der Waals surface area contributed by atoms with Gasteiger partial charge in [-0.2, -0.15) is 17.6 Å². The zero-order valence-corrected chi connectivity index (χ0v) is 16.6. The first kappa shape index (κ1) is 21.1. The third kappa shape index (κ3) is 3.93. The molecule has 3 fully saturated rings.